The van der Waals surface area contributed by atoms with E-state index in [9.17, 15) is 8.42 Å². The molecule has 2 rings (SSSR count). The van der Waals surface area contributed by atoms with Crippen LogP contribution in [0.5, 0.6) is 0 Å². The van der Waals surface area contributed by atoms with Gasteiger partial charge in [-0.05, 0) is 31.0 Å². The number of pyridine rings is 1. The normalized spacial score (nSPS) is 21.5. The first-order valence-corrected chi connectivity index (χ1v) is 8.52. The predicted molar refractivity (Wildman–Crippen MR) is 79.3 cm³/mol. The zero-order valence-electron chi connectivity index (χ0n) is 12.4. The zero-order valence-corrected chi connectivity index (χ0v) is 13.3. The number of nitrogens with zero attached hydrogens (tertiary/aromatic N) is 2. The lowest BCUT2D eigenvalue weighted by molar-refractivity contribution is 0.0507. The Kier molecular flexibility index (Phi) is 5.69. The summed E-state index contributed by atoms with van der Waals surface area (Å²) >= 11 is 0. The number of hydrogen-bond acceptors (Lipinski definition) is 5. The molecule has 0 N–H and O–H groups in total. The molecular formula is C14H22N2O4S. The molecule has 1 saturated heterocycles. The lowest BCUT2D eigenvalue weighted by atomic mass is 10.3. The van der Waals surface area contributed by atoms with Crippen molar-refractivity contribution in [3.05, 3.63) is 30.1 Å². The van der Waals surface area contributed by atoms with E-state index in [0.29, 0.717) is 19.7 Å². The van der Waals surface area contributed by atoms with Crippen molar-refractivity contribution >= 4 is 10.0 Å². The van der Waals surface area contributed by atoms with E-state index < -0.39 is 15.3 Å². The molecule has 0 aromatic carbocycles. The highest BCUT2D eigenvalue weighted by Crippen LogP contribution is 2.20. The van der Waals surface area contributed by atoms with E-state index >= 15 is 0 Å². The van der Waals surface area contributed by atoms with Crippen LogP contribution in [0.2, 0.25) is 0 Å². The number of aromatic nitrogens is 1. The van der Waals surface area contributed by atoms with Gasteiger partial charge in [0.2, 0.25) is 10.0 Å². The highest BCUT2D eigenvalue weighted by atomic mass is 32.2. The molecule has 1 aliphatic heterocycles. The molecule has 0 aliphatic carbocycles. The third kappa shape index (κ3) is 4.23. The Balaban J connectivity index is 1.86. The monoisotopic (exact) mass is 314 g/mol. The minimum Gasteiger partial charge on any atom is -0.383 e. The quantitative estimate of drug-likeness (QED) is 0.752. The van der Waals surface area contributed by atoms with E-state index in [4.69, 9.17) is 9.47 Å². The Bertz CT molecular complexity index is 535. The van der Waals surface area contributed by atoms with Crippen molar-refractivity contribution < 1.29 is 17.9 Å². The summed E-state index contributed by atoms with van der Waals surface area (Å²) in [6.07, 6.45) is 4.11. The second-order valence-corrected chi connectivity index (χ2v) is 7.60. The maximum atomic E-state index is 12.3. The van der Waals surface area contributed by atoms with Crippen molar-refractivity contribution in [1.82, 2.24) is 9.29 Å². The average Bonchev–Trinajstić information content (AvgIpc) is 2.96. The zero-order chi connectivity index (χ0) is 15.3. The molecule has 0 saturated carbocycles. The SMILES string of the molecule is COC[C@@H](C)S(=O)(=O)N1CC[C@@H](OCc2ccncc2)C1. The first kappa shape index (κ1) is 16.4. The second kappa shape index (κ2) is 7.31. The standard InChI is InChI=1S/C14H22N2O4S/c1-12(10-19-2)21(17,18)16-8-5-14(9-16)20-11-13-3-6-15-7-4-13/h3-4,6-7,12,14H,5,8-11H2,1-2H3/t12-,14-/m1/s1. The highest BCUT2D eigenvalue weighted by Gasteiger charge is 2.35. The first-order valence-electron chi connectivity index (χ1n) is 7.02. The van der Waals surface area contributed by atoms with E-state index in [0.717, 1.165) is 12.0 Å². The fourth-order valence-electron chi connectivity index (χ4n) is 2.33. The Morgan fingerprint density at radius 2 is 2.14 bits per heavy atom. The van der Waals surface area contributed by atoms with Gasteiger partial charge in [0.15, 0.2) is 0 Å². The van der Waals surface area contributed by atoms with Crippen molar-refractivity contribution in [2.75, 3.05) is 26.8 Å². The summed E-state index contributed by atoms with van der Waals surface area (Å²) in [5.74, 6) is 0. The molecule has 0 unspecified atom stereocenters. The van der Waals surface area contributed by atoms with E-state index in [1.165, 1.54) is 11.4 Å². The lowest BCUT2D eigenvalue weighted by Crippen LogP contribution is -2.38. The first-order chi connectivity index (χ1) is 10.0. The number of sulfonamides is 1. The molecule has 0 amide bonds. The van der Waals surface area contributed by atoms with Crippen LogP contribution in [-0.2, 0) is 26.1 Å². The van der Waals surface area contributed by atoms with Gasteiger partial charge in [0.25, 0.3) is 0 Å². The van der Waals surface area contributed by atoms with Crippen LogP contribution in [-0.4, -0.2) is 55.9 Å². The minimum absolute atomic E-state index is 0.0531. The van der Waals surface area contributed by atoms with Gasteiger partial charge in [0, 0.05) is 32.6 Å². The van der Waals surface area contributed by atoms with Gasteiger partial charge >= 0.3 is 0 Å². The molecule has 6 nitrogen and oxygen atoms in total. The molecule has 1 aromatic heterocycles. The molecule has 2 heterocycles. The Hall–Kier alpha value is -1.02. The summed E-state index contributed by atoms with van der Waals surface area (Å²) in [6.45, 7) is 3.29. The topological polar surface area (TPSA) is 68.7 Å². The highest BCUT2D eigenvalue weighted by molar-refractivity contribution is 7.89. The van der Waals surface area contributed by atoms with Crippen LogP contribution in [0.3, 0.4) is 0 Å². The molecule has 7 heteroatoms. The summed E-state index contributed by atoms with van der Waals surface area (Å²) in [5.41, 5.74) is 1.04. The summed E-state index contributed by atoms with van der Waals surface area (Å²) in [6, 6.07) is 3.79. The van der Waals surface area contributed by atoms with Crippen LogP contribution >= 0.6 is 0 Å². The van der Waals surface area contributed by atoms with Gasteiger partial charge in [-0.2, -0.15) is 4.31 Å². The van der Waals surface area contributed by atoms with Gasteiger partial charge in [0.1, 0.15) is 0 Å². The second-order valence-electron chi connectivity index (χ2n) is 5.25. The molecule has 1 fully saturated rings. The largest absolute Gasteiger partial charge is 0.383 e. The van der Waals surface area contributed by atoms with Crippen molar-refractivity contribution in [3.8, 4) is 0 Å². The molecular weight excluding hydrogens is 292 g/mol. The predicted octanol–water partition coefficient (Wildman–Crippen LogP) is 1.04. The summed E-state index contributed by atoms with van der Waals surface area (Å²) in [4.78, 5) is 3.95. The molecule has 21 heavy (non-hydrogen) atoms. The number of rotatable bonds is 7. The van der Waals surface area contributed by atoms with E-state index in [1.807, 2.05) is 12.1 Å². The fourth-order valence-corrected chi connectivity index (χ4v) is 3.88. The summed E-state index contributed by atoms with van der Waals surface area (Å²) < 4.78 is 36.9. The molecule has 2 atom stereocenters. The smallest absolute Gasteiger partial charge is 0.219 e. The van der Waals surface area contributed by atoms with Crippen molar-refractivity contribution in [1.29, 1.82) is 0 Å². The summed E-state index contributed by atoms with van der Waals surface area (Å²) in [7, 11) is -1.79. The van der Waals surface area contributed by atoms with Crippen LogP contribution in [0.25, 0.3) is 0 Å². The van der Waals surface area contributed by atoms with Crippen LogP contribution < -0.4 is 0 Å². The van der Waals surface area contributed by atoms with E-state index in [1.54, 1.807) is 19.3 Å². The number of ether oxygens (including phenoxy) is 2. The number of methoxy groups -OCH3 is 1. The average molecular weight is 314 g/mol. The Morgan fingerprint density at radius 3 is 2.81 bits per heavy atom. The van der Waals surface area contributed by atoms with E-state index in [-0.39, 0.29) is 12.7 Å². The van der Waals surface area contributed by atoms with Gasteiger partial charge in [-0.1, -0.05) is 0 Å². The van der Waals surface area contributed by atoms with Crippen molar-refractivity contribution in [3.63, 3.8) is 0 Å². The third-order valence-electron chi connectivity index (χ3n) is 3.61. The molecule has 0 radical (unpaired) electrons. The van der Waals surface area contributed by atoms with Crippen LogP contribution in [0.15, 0.2) is 24.5 Å². The van der Waals surface area contributed by atoms with Crippen LogP contribution in [0.1, 0.15) is 18.9 Å². The van der Waals surface area contributed by atoms with Crippen molar-refractivity contribution in [2.24, 2.45) is 0 Å². The van der Waals surface area contributed by atoms with Gasteiger partial charge in [-0.15, -0.1) is 0 Å². The summed E-state index contributed by atoms with van der Waals surface area (Å²) in [5, 5.41) is -0.526. The van der Waals surface area contributed by atoms with Gasteiger partial charge in [0.05, 0.1) is 24.6 Å². The van der Waals surface area contributed by atoms with Gasteiger partial charge in [-0.25, -0.2) is 8.42 Å². The van der Waals surface area contributed by atoms with Crippen LogP contribution in [0, 0.1) is 0 Å². The van der Waals surface area contributed by atoms with Gasteiger partial charge < -0.3 is 9.47 Å². The Labute approximate surface area is 126 Å². The third-order valence-corrected chi connectivity index (χ3v) is 5.82. The fraction of sp³-hybridized carbons (Fsp3) is 0.643. The van der Waals surface area contributed by atoms with Crippen LogP contribution in [0.4, 0.5) is 0 Å². The maximum Gasteiger partial charge on any atom is 0.219 e. The molecule has 0 spiro atoms. The van der Waals surface area contributed by atoms with Gasteiger partial charge in [-0.3, -0.25) is 4.98 Å². The minimum atomic E-state index is -3.30. The molecule has 1 aromatic rings. The van der Waals surface area contributed by atoms with E-state index in [2.05, 4.69) is 4.98 Å². The molecule has 1 aliphatic rings. The molecule has 118 valence electrons. The number of hydrogen-bond donors (Lipinski definition) is 0. The molecule has 0 bridgehead atoms. The Morgan fingerprint density at radius 1 is 1.43 bits per heavy atom. The van der Waals surface area contributed by atoms with Crippen molar-refractivity contribution in [2.45, 2.75) is 31.3 Å². The maximum absolute atomic E-state index is 12.3. The lowest BCUT2D eigenvalue weighted by Gasteiger charge is -2.21.